The number of rotatable bonds is 2. The van der Waals surface area contributed by atoms with Crippen LogP contribution in [0.4, 0.5) is 5.82 Å². The Hall–Kier alpha value is -1.60. The minimum atomic E-state index is -0.403. The maximum absolute atomic E-state index is 11.5. The first-order chi connectivity index (χ1) is 7.25. The van der Waals surface area contributed by atoms with Gasteiger partial charge in [-0.25, -0.2) is 0 Å². The summed E-state index contributed by atoms with van der Waals surface area (Å²) in [5, 5.41) is 17.1. The van der Waals surface area contributed by atoms with Gasteiger partial charge in [0.05, 0.1) is 0 Å². The highest BCUT2D eigenvalue weighted by atomic mass is 35.5. The quantitative estimate of drug-likeness (QED) is 0.855. The molecule has 0 saturated heterocycles. The molecule has 0 atom stereocenters. The van der Waals surface area contributed by atoms with Gasteiger partial charge in [0.25, 0.3) is 5.91 Å². The predicted molar refractivity (Wildman–Crippen MR) is 54.9 cm³/mol. The third-order valence-electron chi connectivity index (χ3n) is 1.41. The fraction of sp³-hybridized carbons (Fsp3) is 0. The maximum Gasteiger partial charge on any atom is 0.287 e. The van der Waals surface area contributed by atoms with Gasteiger partial charge >= 0.3 is 0 Å². The average molecular weight is 242 g/mol. The first kappa shape index (κ1) is 9.94. The molecule has 0 aromatic carbocycles. The summed E-state index contributed by atoms with van der Waals surface area (Å²) in [7, 11) is 0. The molecule has 2 aromatic rings. The zero-order valence-electron chi connectivity index (χ0n) is 7.22. The first-order valence-electron chi connectivity index (χ1n) is 3.84. The molecule has 0 fully saturated rings. The number of nitrogens with zero attached hydrogens (tertiary/aromatic N) is 4. The summed E-state index contributed by atoms with van der Waals surface area (Å²) in [6, 6.07) is 3.28. The zero-order valence-corrected chi connectivity index (χ0v) is 8.79. The molecular formula is C7H4ClN5OS. The molecule has 2 heterocycles. The highest BCUT2D eigenvalue weighted by molar-refractivity contribution is 7.17. The van der Waals surface area contributed by atoms with Crippen LogP contribution in [0.5, 0.6) is 0 Å². The smallest absolute Gasteiger partial charge is 0.287 e. The van der Waals surface area contributed by atoms with Gasteiger partial charge < -0.3 is 5.32 Å². The summed E-state index contributed by atoms with van der Waals surface area (Å²) < 4.78 is 0.222. The minimum Gasteiger partial charge on any atom is -0.303 e. The number of hydrogen-bond acceptors (Lipinski definition) is 6. The van der Waals surface area contributed by atoms with Crippen LogP contribution in [-0.2, 0) is 0 Å². The summed E-state index contributed by atoms with van der Waals surface area (Å²) in [6.07, 6.45) is 1.51. The minimum absolute atomic E-state index is 0.186. The highest BCUT2D eigenvalue weighted by Crippen LogP contribution is 2.15. The normalized spacial score (nSPS) is 9.93. The Bertz CT molecular complexity index is 473. The fourth-order valence-corrected chi connectivity index (χ4v) is 1.56. The topological polar surface area (TPSA) is 80.7 Å². The van der Waals surface area contributed by atoms with Crippen molar-refractivity contribution in [3.63, 3.8) is 0 Å². The molecule has 0 unspecified atom stereocenters. The molecule has 15 heavy (non-hydrogen) atoms. The molecule has 2 aromatic heterocycles. The summed E-state index contributed by atoms with van der Waals surface area (Å²) in [6.45, 7) is 0. The number of hydrogen-bond donors (Lipinski definition) is 1. The molecule has 0 saturated carbocycles. The van der Waals surface area contributed by atoms with Crippen LogP contribution in [-0.4, -0.2) is 26.3 Å². The van der Waals surface area contributed by atoms with Crippen molar-refractivity contribution in [2.75, 3.05) is 5.32 Å². The van der Waals surface area contributed by atoms with Crippen molar-refractivity contribution >= 4 is 34.7 Å². The van der Waals surface area contributed by atoms with Gasteiger partial charge in [0.15, 0.2) is 5.82 Å². The van der Waals surface area contributed by atoms with Crippen LogP contribution >= 0.6 is 22.9 Å². The van der Waals surface area contributed by atoms with Crippen molar-refractivity contribution in [3.05, 3.63) is 27.8 Å². The Morgan fingerprint density at radius 1 is 1.40 bits per heavy atom. The van der Waals surface area contributed by atoms with E-state index in [2.05, 4.69) is 25.7 Å². The van der Waals surface area contributed by atoms with Crippen LogP contribution in [0.2, 0.25) is 4.47 Å². The summed E-state index contributed by atoms with van der Waals surface area (Å²) in [4.78, 5) is 11.5. The molecule has 1 amide bonds. The summed E-state index contributed by atoms with van der Waals surface area (Å²) >= 11 is 6.54. The lowest BCUT2D eigenvalue weighted by molar-refractivity contribution is 0.102. The first-order valence-corrected chi connectivity index (χ1v) is 5.03. The molecule has 0 aliphatic carbocycles. The second-order valence-electron chi connectivity index (χ2n) is 2.42. The van der Waals surface area contributed by atoms with Gasteiger partial charge in [-0.3, -0.25) is 4.79 Å². The fourth-order valence-electron chi connectivity index (χ4n) is 0.835. The van der Waals surface area contributed by atoms with Gasteiger partial charge in [-0.05, 0) is 23.7 Å². The van der Waals surface area contributed by atoms with Gasteiger partial charge in [-0.15, -0.1) is 15.3 Å². The standard InChI is InChI=1S/C7H4ClN5OS/c8-7-13-12-6(15-7)5(14)10-4-2-1-3-9-11-4/h1-3H,(H,10,11,14). The monoisotopic (exact) mass is 241 g/mol. The number of carbonyl (C=O) groups is 1. The molecule has 0 aliphatic heterocycles. The average Bonchev–Trinajstić information content (AvgIpc) is 2.66. The number of halogens is 1. The number of nitrogens with one attached hydrogen (secondary N) is 1. The highest BCUT2D eigenvalue weighted by Gasteiger charge is 2.12. The number of aromatic nitrogens is 4. The van der Waals surface area contributed by atoms with Gasteiger partial charge in [0.1, 0.15) is 0 Å². The van der Waals surface area contributed by atoms with Crippen LogP contribution in [0.25, 0.3) is 0 Å². The van der Waals surface area contributed by atoms with E-state index < -0.39 is 5.91 Å². The van der Waals surface area contributed by atoms with Gasteiger partial charge in [-0.2, -0.15) is 5.10 Å². The van der Waals surface area contributed by atoms with E-state index in [0.29, 0.717) is 5.82 Å². The van der Waals surface area contributed by atoms with Crippen LogP contribution in [0.1, 0.15) is 9.80 Å². The zero-order chi connectivity index (χ0) is 10.7. The van der Waals surface area contributed by atoms with Gasteiger partial charge in [-0.1, -0.05) is 11.3 Å². The molecular weight excluding hydrogens is 238 g/mol. The van der Waals surface area contributed by atoms with Crippen LogP contribution < -0.4 is 5.32 Å². The van der Waals surface area contributed by atoms with Crippen molar-refractivity contribution in [1.82, 2.24) is 20.4 Å². The van der Waals surface area contributed by atoms with E-state index in [1.807, 2.05) is 0 Å². The third kappa shape index (κ3) is 2.45. The lowest BCUT2D eigenvalue weighted by atomic mass is 10.5. The number of carbonyl (C=O) groups excluding carboxylic acids is 1. The van der Waals surface area contributed by atoms with E-state index in [1.165, 1.54) is 6.20 Å². The predicted octanol–water partition coefficient (Wildman–Crippen LogP) is 1.23. The molecule has 1 N–H and O–H groups in total. The van der Waals surface area contributed by atoms with Crippen molar-refractivity contribution in [2.24, 2.45) is 0 Å². The van der Waals surface area contributed by atoms with Crippen LogP contribution in [0.15, 0.2) is 18.3 Å². The largest absolute Gasteiger partial charge is 0.303 e. The van der Waals surface area contributed by atoms with E-state index in [0.717, 1.165) is 11.3 Å². The number of anilines is 1. The van der Waals surface area contributed by atoms with E-state index >= 15 is 0 Å². The Morgan fingerprint density at radius 3 is 2.87 bits per heavy atom. The molecule has 0 spiro atoms. The second-order valence-corrected chi connectivity index (χ2v) is 3.98. The van der Waals surface area contributed by atoms with Crippen molar-refractivity contribution in [3.8, 4) is 0 Å². The lowest BCUT2D eigenvalue weighted by Gasteiger charge is -1.98. The SMILES string of the molecule is O=C(Nc1cccnn1)c1nnc(Cl)s1. The molecule has 0 aliphatic rings. The number of amides is 1. The van der Waals surface area contributed by atoms with E-state index in [-0.39, 0.29) is 9.47 Å². The molecule has 0 radical (unpaired) electrons. The Balaban J connectivity index is 2.11. The Labute approximate surface area is 93.3 Å². The van der Waals surface area contributed by atoms with E-state index in [9.17, 15) is 4.79 Å². The van der Waals surface area contributed by atoms with Gasteiger partial charge in [0.2, 0.25) is 9.47 Å². The summed E-state index contributed by atoms with van der Waals surface area (Å²) in [5.74, 6) is -0.0475. The summed E-state index contributed by atoms with van der Waals surface area (Å²) in [5.41, 5.74) is 0. The molecule has 8 heteroatoms. The van der Waals surface area contributed by atoms with Gasteiger partial charge in [0, 0.05) is 6.20 Å². The molecule has 6 nitrogen and oxygen atoms in total. The van der Waals surface area contributed by atoms with E-state index in [4.69, 9.17) is 11.6 Å². The van der Waals surface area contributed by atoms with Crippen molar-refractivity contribution in [1.29, 1.82) is 0 Å². The van der Waals surface area contributed by atoms with E-state index in [1.54, 1.807) is 12.1 Å². The molecule has 0 bridgehead atoms. The maximum atomic E-state index is 11.5. The molecule has 76 valence electrons. The van der Waals surface area contributed by atoms with Crippen LogP contribution in [0.3, 0.4) is 0 Å². The Morgan fingerprint density at radius 2 is 2.27 bits per heavy atom. The third-order valence-corrected chi connectivity index (χ3v) is 2.43. The van der Waals surface area contributed by atoms with Crippen LogP contribution in [0, 0.1) is 0 Å². The second kappa shape index (κ2) is 4.28. The Kier molecular flexibility index (Phi) is 2.84. The van der Waals surface area contributed by atoms with Crippen molar-refractivity contribution in [2.45, 2.75) is 0 Å². The molecule has 2 rings (SSSR count). The van der Waals surface area contributed by atoms with Crippen molar-refractivity contribution < 1.29 is 4.79 Å². The lowest BCUT2D eigenvalue weighted by Crippen LogP contribution is -2.12.